The van der Waals surface area contributed by atoms with E-state index in [0.717, 1.165) is 0 Å². The van der Waals surface area contributed by atoms with Gasteiger partial charge in [-0.25, -0.2) is 4.68 Å². The quantitative estimate of drug-likeness (QED) is 0.926. The Kier molecular flexibility index (Phi) is 3.80. The zero-order valence-corrected chi connectivity index (χ0v) is 11.5. The molecule has 1 N–H and O–H groups in total. The van der Waals surface area contributed by atoms with E-state index in [1.165, 1.54) is 17.9 Å². The molecular weight excluding hydrogens is 296 g/mol. The maximum Gasteiger partial charge on any atom is 0.255 e. The van der Waals surface area contributed by atoms with E-state index >= 15 is 0 Å². The van der Waals surface area contributed by atoms with Crippen LogP contribution in [0.5, 0.6) is 0 Å². The maximum atomic E-state index is 11.5. The molecule has 0 fully saturated rings. The van der Waals surface area contributed by atoms with Crippen LogP contribution in [-0.4, -0.2) is 22.7 Å². The van der Waals surface area contributed by atoms with Crippen LogP contribution in [0.2, 0.25) is 15.2 Å². The Bertz CT molecular complexity index is 610. The van der Waals surface area contributed by atoms with Gasteiger partial charge in [0.2, 0.25) is 0 Å². The van der Waals surface area contributed by atoms with Crippen LogP contribution in [0.4, 0.5) is 0 Å². The summed E-state index contributed by atoms with van der Waals surface area (Å²) in [6.45, 7) is 0. The Hall–Kier alpha value is -1.23. The Labute approximate surface area is 118 Å². The molecule has 94 valence electrons. The summed E-state index contributed by atoms with van der Waals surface area (Å²) in [4.78, 5) is 11.5. The van der Waals surface area contributed by atoms with Crippen molar-refractivity contribution in [3.8, 4) is 5.69 Å². The number of carbonyl (C=O) groups is 1. The molecule has 0 aliphatic rings. The number of nitrogens with zero attached hydrogens (tertiary/aromatic N) is 2. The van der Waals surface area contributed by atoms with Gasteiger partial charge >= 0.3 is 0 Å². The van der Waals surface area contributed by atoms with Gasteiger partial charge in [0.15, 0.2) is 0 Å². The van der Waals surface area contributed by atoms with Crippen molar-refractivity contribution in [1.82, 2.24) is 15.1 Å². The van der Waals surface area contributed by atoms with Crippen molar-refractivity contribution in [2.24, 2.45) is 0 Å². The highest BCUT2D eigenvalue weighted by Gasteiger charge is 2.17. The molecule has 0 saturated heterocycles. The van der Waals surface area contributed by atoms with Crippen molar-refractivity contribution >= 4 is 40.7 Å². The van der Waals surface area contributed by atoms with E-state index in [9.17, 15) is 4.79 Å². The van der Waals surface area contributed by atoms with Crippen molar-refractivity contribution in [1.29, 1.82) is 0 Å². The molecule has 0 aliphatic heterocycles. The molecule has 0 saturated carbocycles. The minimum absolute atomic E-state index is 0.193. The van der Waals surface area contributed by atoms with Crippen molar-refractivity contribution in [2.45, 2.75) is 0 Å². The lowest BCUT2D eigenvalue weighted by atomic mass is 10.3. The topological polar surface area (TPSA) is 46.9 Å². The van der Waals surface area contributed by atoms with Gasteiger partial charge in [0.1, 0.15) is 5.15 Å². The second-order valence-electron chi connectivity index (χ2n) is 3.44. The van der Waals surface area contributed by atoms with Crippen LogP contribution in [0.1, 0.15) is 10.4 Å². The molecule has 0 radical (unpaired) electrons. The maximum absolute atomic E-state index is 11.5. The van der Waals surface area contributed by atoms with Crippen LogP contribution in [0.25, 0.3) is 5.69 Å². The smallest absolute Gasteiger partial charge is 0.255 e. The molecule has 0 aliphatic carbocycles. The van der Waals surface area contributed by atoms with Gasteiger partial charge < -0.3 is 5.32 Å². The van der Waals surface area contributed by atoms with Crippen molar-refractivity contribution in [3.05, 3.63) is 45.2 Å². The van der Waals surface area contributed by atoms with Gasteiger partial charge in [-0.05, 0) is 18.2 Å². The second-order valence-corrected chi connectivity index (χ2v) is 4.64. The zero-order valence-electron chi connectivity index (χ0n) is 9.25. The number of carbonyl (C=O) groups excluding carboxylic acids is 1. The van der Waals surface area contributed by atoms with E-state index < -0.39 is 0 Å². The zero-order chi connectivity index (χ0) is 13.3. The molecule has 2 aromatic rings. The molecule has 4 nitrogen and oxygen atoms in total. The van der Waals surface area contributed by atoms with Crippen molar-refractivity contribution < 1.29 is 4.79 Å². The summed E-state index contributed by atoms with van der Waals surface area (Å²) < 4.78 is 1.38. The summed E-state index contributed by atoms with van der Waals surface area (Å²) in [6, 6.07) is 4.92. The third kappa shape index (κ3) is 2.32. The van der Waals surface area contributed by atoms with Gasteiger partial charge in [0, 0.05) is 12.1 Å². The molecule has 0 spiro atoms. The number of hydrogen-bond donors (Lipinski definition) is 1. The predicted octanol–water partition coefficient (Wildman–Crippen LogP) is 3.19. The standard InChI is InChI=1S/C11H8Cl3N3O/c1-15-11(18)7-5-16-17(10(7)14)9-3-2-6(12)4-8(9)13/h2-5H,1H3,(H,15,18). The highest BCUT2D eigenvalue weighted by Crippen LogP contribution is 2.27. The van der Waals surface area contributed by atoms with E-state index in [4.69, 9.17) is 34.8 Å². The second kappa shape index (κ2) is 5.18. The van der Waals surface area contributed by atoms with Crippen LogP contribution >= 0.6 is 34.8 Å². The van der Waals surface area contributed by atoms with Gasteiger partial charge in [-0.2, -0.15) is 5.10 Å². The molecule has 1 heterocycles. The van der Waals surface area contributed by atoms with E-state index in [0.29, 0.717) is 15.7 Å². The molecule has 18 heavy (non-hydrogen) atoms. The highest BCUT2D eigenvalue weighted by atomic mass is 35.5. The summed E-state index contributed by atoms with van der Waals surface area (Å²) in [6.07, 6.45) is 1.38. The normalized spacial score (nSPS) is 10.4. The number of halogens is 3. The van der Waals surface area contributed by atoms with Crippen LogP contribution in [0.15, 0.2) is 24.4 Å². The lowest BCUT2D eigenvalue weighted by molar-refractivity contribution is 0.0963. The summed E-state index contributed by atoms with van der Waals surface area (Å²) in [5.41, 5.74) is 0.839. The van der Waals surface area contributed by atoms with Gasteiger partial charge in [-0.3, -0.25) is 4.79 Å². The number of aromatic nitrogens is 2. The minimum atomic E-state index is -0.309. The lowest BCUT2D eigenvalue weighted by Gasteiger charge is -2.06. The van der Waals surface area contributed by atoms with Crippen LogP contribution < -0.4 is 5.32 Å². The van der Waals surface area contributed by atoms with E-state index in [2.05, 4.69) is 10.4 Å². The number of nitrogens with one attached hydrogen (secondary N) is 1. The van der Waals surface area contributed by atoms with Crippen molar-refractivity contribution in [3.63, 3.8) is 0 Å². The molecule has 1 aromatic heterocycles. The number of rotatable bonds is 2. The molecule has 2 rings (SSSR count). The van der Waals surface area contributed by atoms with Gasteiger partial charge in [-0.1, -0.05) is 34.8 Å². The summed E-state index contributed by atoms with van der Waals surface area (Å²) in [5.74, 6) is -0.309. The third-order valence-electron chi connectivity index (χ3n) is 2.32. The van der Waals surface area contributed by atoms with Gasteiger partial charge in [-0.15, -0.1) is 0 Å². The molecule has 7 heteroatoms. The van der Waals surface area contributed by atoms with E-state index in [-0.39, 0.29) is 16.6 Å². The first-order valence-corrected chi connectivity index (χ1v) is 6.09. The molecule has 0 unspecified atom stereocenters. The fourth-order valence-electron chi connectivity index (χ4n) is 1.44. The number of hydrogen-bond acceptors (Lipinski definition) is 2. The SMILES string of the molecule is CNC(=O)c1cnn(-c2ccc(Cl)cc2Cl)c1Cl. The average molecular weight is 305 g/mol. The molecule has 1 amide bonds. The Morgan fingerprint density at radius 2 is 2.06 bits per heavy atom. The first kappa shape index (κ1) is 13.2. The van der Waals surface area contributed by atoms with Crippen LogP contribution in [0, 0.1) is 0 Å². The fraction of sp³-hybridized carbons (Fsp3) is 0.0909. The lowest BCUT2D eigenvalue weighted by Crippen LogP contribution is -2.17. The number of benzene rings is 1. The fourth-order valence-corrected chi connectivity index (χ4v) is 2.20. The summed E-state index contributed by atoms with van der Waals surface area (Å²) >= 11 is 18.0. The first-order chi connectivity index (χ1) is 8.54. The van der Waals surface area contributed by atoms with E-state index in [1.54, 1.807) is 18.2 Å². The summed E-state index contributed by atoms with van der Waals surface area (Å²) in [5, 5.41) is 7.63. The molecule has 0 atom stereocenters. The molecule has 0 bridgehead atoms. The Balaban J connectivity index is 2.52. The Morgan fingerprint density at radius 3 is 2.67 bits per heavy atom. The average Bonchev–Trinajstić information content (AvgIpc) is 2.70. The first-order valence-electron chi connectivity index (χ1n) is 4.95. The summed E-state index contributed by atoms with van der Waals surface area (Å²) in [7, 11) is 1.52. The molecule has 1 aromatic carbocycles. The monoisotopic (exact) mass is 303 g/mol. The largest absolute Gasteiger partial charge is 0.355 e. The van der Waals surface area contributed by atoms with E-state index in [1.807, 2.05) is 0 Å². The van der Waals surface area contributed by atoms with Crippen LogP contribution in [-0.2, 0) is 0 Å². The third-order valence-corrected chi connectivity index (χ3v) is 3.22. The minimum Gasteiger partial charge on any atom is -0.355 e. The van der Waals surface area contributed by atoms with Gasteiger partial charge in [0.05, 0.1) is 22.5 Å². The molecular formula is C11H8Cl3N3O. The highest BCUT2D eigenvalue weighted by molar-refractivity contribution is 6.36. The van der Waals surface area contributed by atoms with Crippen molar-refractivity contribution in [2.75, 3.05) is 7.05 Å². The predicted molar refractivity (Wildman–Crippen MR) is 72.0 cm³/mol. The Morgan fingerprint density at radius 1 is 1.33 bits per heavy atom. The number of amides is 1. The van der Waals surface area contributed by atoms with Crippen LogP contribution in [0.3, 0.4) is 0 Å². The van der Waals surface area contributed by atoms with Gasteiger partial charge in [0.25, 0.3) is 5.91 Å².